The quantitative estimate of drug-likeness (QED) is 0.639. The first kappa shape index (κ1) is 14.7. The van der Waals surface area contributed by atoms with E-state index in [1.165, 1.54) is 24.3 Å². The van der Waals surface area contributed by atoms with E-state index in [2.05, 4.69) is 5.29 Å². The molecule has 0 aliphatic carbocycles. The first-order valence-electron chi connectivity index (χ1n) is 5.89. The number of nitroso groups, excluding NO2 is 1. The lowest BCUT2D eigenvalue weighted by Crippen LogP contribution is -2.08. The van der Waals surface area contributed by atoms with Crippen LogP contribution in [0.3, 0.4) is 0 Å². The van der Waals surface area contributed by atoms with E-state index in [0.717, 1.165) is 11.3 Å². The van der Waals surface area contributed by atoms with E-state index in [1.807, 2.05) is 6.07 Å². The van der Waals surface area contributed by atoms with Crippen LogP contribution >= 0.6 is 0 Å². The number of hydrogen-bond donors (Lipinski definition) is 0. The van der Waals surface area contributed by atoms with Gasteiger partial charge in [0.1, 0.15) is 0 Å². The highest BCUT2D eigenvalue weighted by atomic mass is 32.2. The van der Waals surface area contributed by atoms with Crippen molar-refractivity contribution in [3.8, 4) is 6.07 Å². The van der Waals surface area contributed by atoms with Gasteiger partial charge in [-0.3, -0.25) is 0 Å². The number of hydrogen-bond acceptors (Lipinski definition) is 5. The zero-order valence-corrected chi connectivity index (χ0v) is 11.9. The standard InChI is InChI=1S/C14H11N3O3S/c1-21(19,20)14-8-6-13(7-9-14)17(16-18)12-4-2-11(10-15)3-5-12/h2-9H,1H3. The van der Waals surface area contributed by atoms with Gasteiger partial charge in [-0.1, -0.05) is 0 Å². The van der Waals surface area contributed by atoms with Gasteiger partial charge in [-0.25, -0.2) is 8.42 Å². The molecule has 2 aromatic carbocycles. The Labute approximate surface area is 122 Å². The Morgan fingerprint density at radius 1 is 1.00 bits per heavy atom. The molecule has 0 amide bonds. The first-order chi connectivity index (χ1) is 9.95. The van der Waals surface area contributed by atoms with Crippen LogP contribution < -0.4 is 5.01 Å². The molecule has 2 rings (SSSR count). The number of nitrogens with zero attached hydrogens (tertiary/aromatic N) is 3. The molecule has 0 aliphatic rings. The lowest BCUT2D eigenvalue weighted by molar-refractivity contribution is 0.602. The maximum Gasteiger partial charge on any atom is 0.175 e. The molecule has 0 bridgehead atoms. The lowest BCUT2D eigenvalue weighted by Gasteiger charge is -2.15. The first-order valence-corrected chi connectivity index (χ1v) is 7.78. The predicted molar refractivity (Wildman–Crippen MR) is 78.6 cm³/mol. The lowest BCUT2D eigenvalue weighted by atomic mass is 10.2. The highest BCUT2D eigenvalue weighted by molar-refractivity contribution is 7.90. The van der Waals surface area contributed by atoms with Gasteiger partial charge in [0.15, 0.2) is 9.84 Å². The monoisotopic (exact) mass is 301 g/mol. The van der Waals surface area contributed by atoms with Crippen molar-refractivity contribution in [3.63, 3.8) is 0 Å². The van der Waals surface area contributed by atoms with Crippen LogP contribution in [0.25, 0.3) is 0 Å². The van der Waals surface area contributed by atoms with Crippen LogP contribution in [0.15, 0.2) is 58.7 Å². The zero-order valence-electron chi connectivity index (χ0n) is 11.1. The molecule has 0 saturated heterocycles. The molecule has 106 valence electrons. The van der Waals surface area contributed by atoms with Crippen LogP contribution in [-0.4, -0.2) is 14.7 Å². The summed E-state index contributed by atoms with van der Waals surface area (Å²) in [5, 5.41) is 12.8. The summed E-state index contributed by atoms with van der Waals surface area (Å²) in [6.07, 6.45) is 1.11. The highest BCUT2D eigenvalue weighted by Gasteiger charge is 2.12. The third-order valence-corrected chi connectivity index (χ3v) is 3.96. The van der Waals surface area contributed by atoms with Crippen molar-refractivity contribution in [2.45, 2.75) is 4.90 Å². The number of nitriles is 1. The molecule has 0 radical (unpaired) electrons. The molecule has 0 fully saturated rings. The molecular formula is C14H11N3O3S. The smallest absolute Gasteiger partial charge is 0.175 e. The molecule has 0 spiro atoms. The van der Waals surface area contributed by atoms with Crippen molar-refractivity contribution in [1.29, 1.82) is 5.26 Å². The minimum Gasteiger partial charge on any atom is -0.224 e. The summed E-state index contributed by atoms with van der Waals surface area (Å²) in [6, 6.07) is 14.1. The van der Waals surface area contributed by atoms with Gasteiger partial charge in [-0.05, 0) is 48.5 Å². The van der Waals surface area contributed by atoms with Gasteiger partial charge < -0.3 is 0 Å². The van der Waals surface area contributed by atoms with Gasteiger partial charge in [0.05, 0.1) is 33.2 Å². The Balaban J connectivity index is 2.37. The van der Waals surface area contributed by atoms with Crippen LogP contribution in [0, 0.1) is 16.2 Å². The van der Waals surface area contributed by atoms with E-state index >= 15 is 0 Å². The Bertz CT molecular complexity index is 791. The molecule has 0 heterocycles. The van der Waals surface area contributed by atoms with E-state index in [-0.39, 0.29) is 4.90 Å². The van der Waals surface area contributed by atoms with E-state index in [1.54, 1.807) is 24.3 Å². The molecular weight excluding hydrogens is 290 g/mol. The van der Waals surface area contributed by atoms with E-state index in [9.17, 15) is 13.3 Å². The topological polar surface area (TPSA) is 90.6 Å². The van der Waals surface area contributed by atoms with Gasteiger partial charge in [-0.15, -0.1) is 4.91 Å². The summed E-state index contributed by atoms with van der Waals surface area (Å²) in [6.45, 7) is 0. The largest absolute Gasteiger partial charge is 0.224 e. The van der Waals surface area contributed by atoms with Crippen molar-refractivity contribution < 1.29 is 8.42 Å². The number of sulfone groups is 1. The third-order valence-electron chi connectivity index (χ3n) is 2.83. The normalized spacial score (nSPS) is 10.7. The summed E-state index contributed by atoms with van der Waals surface area (Å²) < 4.78 is 22.8. The molecule has 2 aromatic rings. The summed E-state index contributed by atoms with van der Waals surface area (Å²) in [5.74, 6) is 0. The highest BCUT2D eigenvalue weighted by Crippen LogP contribution is 2.27. The van der Waals surface area contributed by atoms with E-state index in [0.29, 0.717) is 16.9 Å². The van der Waals surface area contributed by atoms with Gasteiger partial charge in [0.25, 0.3) is 0 Å². The Kier molecular flexibility index (Phi) is 4.00. The Morgan fingerprint density at radius 3 is 1.86 bits per heavy atom. The van der Waals surface area contributed by atoms with Crippen molar-refractivity contribution in [3.05, 3.63) is 59.0 Å². The third kappa shape index (κ3) is 3.24. The molecule has 7 heteroatoms. The summed E-state index contributed by atoms with van der Waals surface area (Å²) in [7, 11) is -3.29. The average Bonchev–Trinajstić information content (AvgIpc) is 2.48. The molecule has 0 N–H and O–H groups in total. The molecule has 6 nitrogen and oxygen atoms in total. The molecule has 0 saturated carbocycles. The van der Waals surface area contributed by atoms with Crippen molar-refractivity contribution >= 4 is 21.2 Å². The molecule has 21 heavy (non-hydrogen) atoms. The van der Waals surface area contributed by atoms with Gasteiger partial charge in [0.2, 0.25) is 0 Å². The minimum absolute atomic E-state index is 0.164. The number of benzene rings is 2. The van der Waals surface area contributed by atoms with E-state index < -0.39 is 9.84 Å². The molecule has 0 aromatic heterocycles. The maximum absolute atomic E-state index is 11.4. The molecule has 0 aliphatic heterocycles. The fourth-order valence-corrected chi connectivity index (χ4v) is 2.39. The number of anilines is 2. The van der Waals surface area contributed by atoms with E-state index in [4.69, 9.17) is 5.26 Å². The summed E-state index contributed by atoms with van der Waals surface area (Å²) in [4.78, 5) is 11.2. The second-order valence-corrected chi connectivity index (χ2v) is 6.33. The summed E-state index contributed by atoms with van der Waals surface area (Å²) >= 11 is 0. The molecule has 0 unspecified atom stereocenters. The Morgan fingerprint density at radius 2 is 1.48 bits per heavy atom. The van der Waals surface area contributed by atoms with Crippen molar-refractivity contribution in [2.24, 2.45) is 5.29 Å². The van der Waals surface area contributed by atoms with Gasteiger partial charge in [-0.2, -0.15) is 10.3 Å². The zero-order chi connectivity index (χ0) is 15.5. The molecule has 0 atom stereocenters. The second-order valence-electron chi connectivity index (χ2n) is 4.32. The maximum atomic E-state index is 11.4. The van der Waals surface area contributed by atoms with Crippen LogP contribution in [0.2, 0.25) is 0 Å². The van der Waals surface area contributed by atoms with Gasteiger partial charge >= 0.3 is 0 Å². The SMILES string of the molecule is CS(=O)(=O)c1ccc(N(N=O)c2ccc(C#N)cc2)cc1. The Hall–Kier alpha value is -2.72. The minimum atomic E-state index is -3.29. The fourth-order valence-electron chi connectivity index (χ4n) is 1.76. The van der Waals surface area contributed by atoms with Crippen LogP contribution in [0.4, 0.5) is 11.4 Å². The number of rotatable bonds is 4. The summed E-state index contributed by atoms with van der Waals surface area (Å²) in [5.41, 5.74) is 1.38. The fraction of sp³-hybridized carbons (Fsp3) is 0.0714. The van der Waals surface area contributed by atoms with Crippen molar-refractivity contribution in [2.75, 3.05) is 11.3 Å². The van der Waals surface area contributed by atoms with Crippen molar-refractivity contribution in [1.82, 2.24) is 0 Å². The predicted octanol–water partition coefficient (Wildman–Crippen LogP) is 2.78. The second kappa shape index (κ2) is 5.73. The van der Waals surface area contributed by atoms with Crippen LogP contribution in [-0.2, 0) is 9.84 Å². The van der Waals surface area contributed by atoms with Crippen LogP contribution in [0.5, 0.6) is 0 Å². The average molecular weight is 301 g/mol. The van der Waals surface area contributed by atoms with Gasteiger partial charge in [0, 0.05) is 6.26 Å². The van der Waals surface area contributed by atoms with Crippen LogP contribution in [0.1, 0.15) is 5.56 Å².